The third-order valence-corrected chi connectivity index (χ3v) is 2.82. The average molecular weight is 200 g/mol. The molecule has 0 saturated carbocycles. The van der Waals surface area contributed by atoms with Gasteiger partial charge in [-0.3, -0.25) is 4.90 Å². The van der Waals surface area contributed by atoms with Gasteiger partial charge < -0.3 is 10.5 Å². The molecule has 14 heavy (non-hydrogen) atoms. The number of ether oxygens (including phenoxy) is 1. The van der Waals surface area contributed by atoms with Gasteiger partial charge >= 0.3 is 0 Å². The molecule has 2 unspecified atom stereocenters. The van der Waals surface area contributed by atoms with Crippen LogP contribution in [-0.2, 0) is 4.74 Å². The summed E-state index contributed by atoms with van der Waals surface area (Å²) in [5, 5.41) is 0. The van der Waals surface area contributed by atoms with E-state index < -0.39 is 0 Å². The zero-order chi connectivity index (χ0) is 10.7. The van der Waals surface area contributed by atoms with Gasteiger partial charge in [-0.2, -0.15) is 0 Å². The van der Waals surface area contributed by atoms with Crippen molar-refractivity contribution in [3.8, 4) is 0 Å². The Hall–Kier alpha value is -0.120. The molecule has 1 saturated heterocycles. The highest BCUT2D eigenvalue weighted by Gasteiger charge is 2.23. The highest BCUT2D eigenvalue weighted by Crippen LogP contribution is 2.12. The molecule has 1 rings (SSSR count). The van der Waals surface area contributed by atoms with Crippen LogP contribution in [0.4, 0.5) is 0 Å². The van der Waals surface area contributed by atoms with E-state index in [1.807, 2.05) is 0 Å². The van der Waals surface area contributed by atoms with Gasteiger partial charge in [0.15, 0.2) is 0 Å². The second-order valence-corrected chi connectivity index (χ2v) is 4.88. The molecular formula is C11H24N2O. The minimum absolute atomic E-state index is 0.285. The maximum atomic E-state index is 6.06. The topological polar surface area (TPSA) is 38.5 Å². The van der Waals surface area contributed by atoms with Crippen molar-refractivity contribution in [1.29, 1.82) is 0 Å². The number of hydrogen-bond acceptors (Lipinski definition) is 3. The highest BCUT2D eigenvalue weighted by atomic mass is 16.5. The molecule has 1 aliphatic heterocycles. The van der Waals surface area contributed by atoms with E-state index in [0.29, 0.717) is 18.1 Å². The first kappa shape index (κ1) is 12.0. The second kappa shape index (κ2) is 5.10. The van der Waals surface area contributed by atoms with E-state index in [0.717, 1.165) is 19.6 Å². The van der Waals surface area contributed by atoms with Crippen molar-refractivity contribution in [1.82, 2.24) is 4.90 Å². The van der Waals surface area contributed by atoms with Crippen LogP contribution < -0.4 is 5.73 Å². The van der Waals surface area contributed by atoms with Crippen LogP contribution in [0.5, 0.6) is 0 Å². The standard InChI is InChI=1S/C11H24N2O/c1-8(2)11(12)7-13-5-9(3)14-10(4)6-13/h8-11H,5-7,12H2,1-4H3/t9?,10?,11-/m0/s1. The maximum Gasteiger partial charge on any atom is 0.0678 e. The first-order valence-electron chi connectivity index (χ1n) is 5.62. The molecule has 84 valence electrons. The van der Waals surface area contributed by atoms with Gasteiger partial charge in [0.2, 0.25) is 0 Å². The largest absolute Gasteiger partial charge is 0.373 e. The molecular weight excluding hydrogens is 176 g/mol. The molecule has 0 bridgehead atoms. The van der Waals surface area contributed by atoms with E-state index in [1.54, 1.807) is 0 Å². The Bertz CT molecular complexity index is 163. The van der Waals surface area contributed by atoms with Gasteiger partial charge in [0.25, 0.3) is 0 Å². The first-order valence-corrected chi connectivity index (χ1v) is 5.62. The van der Waals surface area contributed by atoms with Crippen molar-refractivity contribution in [3.05, 3.63) is 0 Å². The van der Waals surface area contributed by atoms with Crippen LogP contribution in [-0.4, -0.2) is 42.8 Å². The summed E-state index contributed by atoms with van der Waals surface area (Å²) in [5.41, 5.74) is 6.06. The van der Waals surface area contributed by atoms with Crippen LogP contribution in [0.3, 0.4) is 0 Å². The Morgan fingerprint density at radius 3 is 2.21 bits per heavy atom. The Morgan fingerprint density at radius 1 is 1.29 bits per heavy atom. The van der Waals surface area contributed by atoms with E-state index in [-0.39, 0.29) is 6.04 Å². The van der Waals surface area contributed by atoms with Gasteiger partial charge in [-0.05, 0) is 19.8 Å². The van der Waals surface area contributed by atoms with E-state index >= 15 is 0 Å². The fourth-order valence-corrected chi connectivity index (χ4v) is 1.94. The average Bonchev–Trinajstić information content (AvgIpc) is 2.01. The molecule has 0 amide bonds. The fourth-order valence-electron chi connectivity index (χ4n) is 1.94. The molecule has 0 radical (unpaired) electrons. The van der Waals surface area contributed by atoms with Gasteiger partial charge in [0.1, 0.15) is 0 Å². The van der Waals surface area contributed by atoms with Crippen molar-refractivity contribution < 1.29 is 4.74 Å². The Labute approximate surface area is 87.6 Å². The van der Waals surface area contributed by atoms with Crippen LogP contribution in [0.2, 0.25) is 0 Å². The summed E-state index contributed by atoms with van der Waals surface area (Å²) >= 11 is 0. The van der Waals surface area contributed by atoms with Crippen LogP contribution in [0, 0.1) is 5.92 Å². The van der Waals surface area contributed by atoms with Crippen LogP contribution >= 0.6 is 0 Å². The zero-order valence-electron chi connectivity index (χ0n) is 9.86. The predicted molar refractivity (Wildman–Crippen MR) is 59.3 cm³/mol. The zero-order valence-corrected chi connectivity index (χ0v) is 9.86. The summed E-state index contributed by atoms with van der Waals surface area (Å²) in [6.07, 6.45) is 0.691. The third-order valence-electron chi connectivity index (χ3n) is 2.82. The predicted octanol–water partition coefficient (Wildman–Crippen LogP) is 1.08. The lowest BCUT2D eigenvalue weighted by Crippen LogP contribution is -2.50. The van der Waals surface area contributed by atoms with Crippen molar-refractivity contribution in [3.63, 3.8) is 0 Å². The second-order valence-electron chi connectivity index (χ2n) is 4.88. The SMILES string of the molecule is CC1CN(C[C@H](N)C(C)C)CC(C)O1. The monoisotopic (exact) mass is 200 g/mol. The van der Waals surface area contributed by atoms with Gasteiger partial charge in [-0.25, -0.2) is 0 Å². The summed E-state index contributed by atoms with van der Waals surface area (Å²) in [4.78, 5) is 2.42. The van der Waals surface area contributed by atoms with E-state index in [9.17, 15) is 0 Å². The van der Waals surface area contributed by atoms with Gasteiger partial charge in [-0.15, -0.1) is 0 Å². The number of hydrogen-bond donors (Lipinski definition) is 1. The lowest BCUT2D eigenvalue weighted by atomic mass is 10.0. The maximum absolute atomic E-state index is 6.06. The molecule has 3 heteroatoms. The van der Waals surface area contributed by atoms with Crippen molar-refractivity contribution in [2.75, 3.05) is 19.6 Å². The molecule has 0 aromatic heterocycles. The summed E-state index contributed by atoms with van der Waals surface area (Å²) < 4.78 is 5.68. The number of morpholine rings is 1. The quantitative estimate of drug-likeness (QED) is 0.741. The Kier molecular flexibility index (Phi) is 4.35. The van der Waals surface area contributed by atoms with Crippen LogP contribution in [0.1, 0.15) is 27.7 Å². The van der Waals surface area contributed by atoms with Gasteiger partial charge in [0, 0.05) is 25.7 Å². The lowest BCUT2D eigenvalue weighted by molar-refractivity contribution is -0.0699. The Balaban J connectivity index is 2.36. The minimum Gasteiger partial charge on any atom is -0.373 e. The summed E-state index contributed by atoms with van der Waals surface area (Å²) in [6, 6.07) is 0.285. The van der Waals surface area contributed by atoms with Crippen LogP contribution in [0.25, 0.3) is 0 Å². The molecule has 2 N–H and O–H groups in total. The van der Waals surface area contributed by atoms with Crippen LogP contribution in [0.15, 0.2) is 0 Å². The van der Waals surface area contributed by atoms with Crippen molar-refractivity contribution in [2.24, 2.45) is 11.7 Å². The van der Waals surface area contributed by atoms with Crippen molar-refractivity contribution in [2.45, 2.75) is 45.9 Å². The number of rotatable bonds is 3. The molecule has 3 nitrogen and oxygen atoms in total. The van der Waals surface area contributed by atoms with E-state index in [4.69, 9.17) is 10.5 Å². The highest BCUT2D eigenvalue weighted by molar-refractivity contribution is 4.78. The van der Waals surface area contributed by atoms with Crippen molar-refractivity contribution >= 4 is 0 Å². The fraction of sp³-hybridized carbons (Fsp3) is 1.00. The van der Waals surface area contributed by atoms with Gasteiger partial charge in [-0.1, -0.05) is 13.8 Å². The molecule has 0 aromatic rings. The molecule has 0 aliphatic carbocycles. The summed E-state index contributed by atoms with van der Waals surface area (Å²) in [5.74, 6) is 0.559. The summed E-state index contributed by atoms with van der Waals surface area (Å²) in [7, 11) is 0. The van der Waals surface area contributed by atoms with Gasteiger partial charge in [0.05, 0.1) is 12.2 Å². The first-order chi connectivity index (χ1) is 6.49. The number of nitrogens with zero attached hydrogens (tertiary/aromatic N) is 1. The van der Waals surface area contributed by atoms with E-state index in [2.05, 4.69) is 32.6 Å². The Morgan fingerprint density at radius 2 is 1.79 bits per heavy atom. The molecule has 1 fully saturated rings. The molecule has 0 aromatic carbocycles. The molecule has 3 atom stereocenters. The smallest absolute Gasteiger partial charge is 0.0678 e. The molecule has 1 aliphatic rings. The normalized spacial score (nSPS) is 32.1. The lowest BCUT2D eigenvalue weighted by Gasteiger charge is -2.37. The summed E-state index contributed by atoms with van der Waals surface area (Å²) in [6.45, 7) is 11.6. The molecule has 1 heterocycles. The molecule has 0 spiro atoms. The third kappa shape index (κ3) is 3.56. The minimum atomic E-state index is 0.285. The van der Waals surface area contributed by atoms with E-state index in [1.165, 1.54) is 0 Å². The number of nitrogens with two attached hydrogens (primary N) is 1.